The fourth-order valence-corrected chi connectivity index (χ4v) is 3.21. The number of hydrogen-bond acceptors (Lipinski definition) is 3. The van der Waals surface area contributed by atoms with Gasteiger partial charge in [-0.1, -0.05) is 26.0 Å². The van der Waals surface area contributed by atoms with E-state index < -0.39 is 17.8 Å². The highest BCUT2D eigenvalue weighted by Crippen LogP contribution is 2.40. The molecule has 128 valence electrons. The molecule has 0 unspecified atom stereocenters. The molecule has 1 N–H and O–H groups in total. The molecule has 3 atom stereocenters. The second-order valence-electron chi connectivity index (χ2n) is 7.50. The van der Waals surface area contributed by atoms with Gasteiger partial charge in [-0.2, -0.15) is 0 Å². The van der Waals surface area contributed by atoms with Gasteiger partial charge in [0.15, 0.2) is 0 Å². The maximum atomic E-state index is 13.6. The van der Waals surface area contributed by atoms with Crippen molar-refractivity contribution in [3.8, 4) is 0 Å². The zero-order valence-electron chi connectivity index (χ0n) is 14.4. The molecule has 1 aromatic carbocycles. The first kappa shape index (κ1) is 17.7. The van der Waals surface area contributed by atoms with Crippen molar-refractivity contribution in [3.63, 3.8) is 0 Å². The van der Waals surface area contributed by atoms with E-state index in [1.807, 2.05) is 13.8 Å². The Morgan fingerprint density at radius 3 is 2.57 bits per heavy atom. The normalized spacial score (nSPS) is 25.0. The van der Waals surface area contributed by atoms with Gasteiger partial charge in [0, 0.05) is 6.42 Å². The minimum Gasteiger partial charge on any atom is -0.444 e. The summed E-state index contributed by atoms with van der Waals surface area (Å²) >= 11 is 0. The molecule has 23 heavy (non-hydrogen) atoms. The van der Waals surface area contributed by atoms with Crippen LogP contribution in [0.4, 0.5) is 9.18 Å². The number of aliphatic hydroxyl groups is 1. The monoisotopic (exact) mass is 323 g/mol. The Hall–Kier alpha value is -1.62. The third-order valence-corrected chi connectivity index (χ3v) is 4.04. The molecule has 1 aromatic rings. The van der Waals surface area contributed by atoms with Crippen molar-refractivity contribution in [2.75, 3.05) is 0 Å². The van der Waals surface area contributed by atoms with E-state index in [-0.39, 0.29) is 23.8 Å². The second kappa shape index (κ2) is 6.48. The summed E-state index contributed by atoms with van der Waals surface area (Å²) in [6.45, 7) is 9.33. The number of rotatable bonds is 2. The van der Waals surface area contributed by atoms with Crippen LogP contribution in [0.1, 0.15) is 52.6 Å². The van der Waals surface area contributed by atoms with Gasteiger partial charge in [-0.05, 0) is 44.4 Å². The van der Waals surface area contributed by atoms with Gasteiger partial charge < -0.3 is 9.84 Å². The van der Waals surface area contributed by atoms with Gasteiger partial charge in [0.2, 0.25) is 0 Å². The van der Waals surface area contributed by atoms with E-state index in [1.54, 1.807) is 37.8 Å². The third-order valence-electron chi connectivity index (χ3n) is 4.04. The van der Waals surface area contributed by atoms with E-state index in [4.69, 9.17) is 4.74 Å². The van der Waals surface area contributed by atoms with E-state index in [2.05, 4.69) is 0 Å². The number of carbonyl (C=O) groups is 1. The zero-order valence-corrected chi connectivity index (χ0v) is 14.4. The van der Waals surface area contributed by atoms with Crippen molar-refractivity contribution in [3.05, 3.63) is 35.6 Å². The van der Waals surface area contributed by atoms with Crippen LogP contribution >= 0.6 is 0 Å². The molecule has 2 rings (SSSR count). The number of hydrogen-bond donors (Lipinski definition) is 1. The number of ether oxygens (including phenoxy) is 1. The standard InChI is InChI=1S/C18H26FNO3/c1-11(2)16-15(21)10-14(12-7-6-8-13(19)9-12)20(16)17(22)23-18(3,4)5/h6-9,11,14-16,21H,10H2,1-5H3/t14-,15-,16-/m0/s1. The quantitative estimate of drug-likeness (QED) is 0.898. The first-order chi connectivity index (χ1) is 10.6. The Morgan fingerprint density at radius 2 is 2.04 bits per heavy atom. The molecule has 1 amide bonds. The minimum absolute atomic E-state index is 0.0658. The summed E-state index contributed by atoms with van der Waals surface area (Å²) < 4.78 is 19.1. The van der Waals surface area contributed by atoms with Crippen molar-refractivity contribution < 1.29 is 19.0 Å². The van der Waals surface area contributed by atoms with Crippen LogP contribution in [0.5, 0.6) is 0 Å². The first-order valence-electron chi connectivity index (χ1n) is 8.05. The fourth-order valence-electron chi connectivity index (χ4n) is 3.21. The highest BCUT2D eigenvalue weighted by molar-refractivity contribution is 5.70. The Bertz CT molecular complexity index is 568. The Morgan fingerprint density at radius 1 is 1.39 bits per heavy atom. The average molecular weight is 323 g/mol. The number of nitrogens with zero attached hydrogens (tertiary/aromatic N) is 1. The lowest BCUT2D eigenvalue weighted by Crippen LogP contribution is -2.46. The zero-order chi connectivity index (χ0) is 17.4. The lowest BCUT2D eigenvalue weighted by Gasteiger charge is -2.34. The van der Waals surface area contributed by atoms with Crippen LogP contribution in [-0.4, -0.2) is 33.8 Å². The molecule has 0 bridgehead atoms. The van der Waals surface area contributed by atoms with Crippen LogP contribution in [0.3, 0.4) is 0 Å². The molecular formula is C18H26FNO3. The van der Waals surface area contributed by atoms with Gasteiger partial charge in [-0.3, -0.25) is 4.90 Å². The van der Waals surface area contributed by atoms with E-state index >= 15 is 0 Å². The van der Waals surface area contributed by atoms with Crippen molar-refractivity contribution in [2.24, 2.45) is 5.92 Å². The van der Waals surface area contributed by atoms with Crippen LogP contribution in [0.15, 0.2) is 24.3 Å². The van der Waals surface area contributed by atoms with E-state index in [0.717, 1.165) is 0 Å². The summed E-state index contributed by atoms with van der Waals surface area (Å²) in [6, 6.07) is 5.44. The van der Waals surface area contributed by atoms with Crippen LogP contribution in [0.2, 0.25) is 0 Å². The van der Waals surface area contributed by atoms with Crippen LogP contribution in [-0.2, 0) is 4.74 Å². The van der Waals surface area contributed by atoms with Gasteiger partial charge in [-0.15, -0.1) is 0 Å². The molecule has 1 fully saturated rings. The maximum Gasteiger partial charge on any atom is 0.411 e. The Kier molecular flexibility index (Phi) is 4.99. The van der Waals surface area contributed by atoms with Crippen molar-refractivity contribution in [2.45, 2.75) is 64.8 Å². The lowest BCUT2D eigenvalue weighted by atomic mass is 9.99. The van der Waals surface area contributed by atoms with E-state index in [0.29, 0.717) is 12.0 Å². The highest BCUT2D eigenvalue weighted by Gasteiger charge is 2.46. The number of benzene rings is 1. The molecule has 1 aliphatic rings. The molecule has 0 saturated carbocycles. The molecule has 5 heteroatoms. The summed E-state index contributed by atoms with van der Waals surface area (Å²) in [5.74, 6) is -0.287. The SMILES string of the molecule is CC(C)[C@H]1[C@@H](O)C[C@@H](c2cccc(F)c2)N1C(=O)OC(C)(C)C. The average Bonchev–Trinajstić information content (AvgIpc) is 2.74. The third kappa shape index (κ3) is 4.02. The largest absolute Gasteiger partial charge is 0.444 e. The van der Waals surface area contributed by atoms with Crippen LogP contribution in [0, 0.1) is 11.7 Å². The summed E-state index contributed by atoms with van der Waals surface area (Å²) in [5, 5.41) is 10.4. The summed E-state index contributed by atoms with van der Waals surface area (Å²) in [5.41, 5.74) is 0.0524. The molecule has 1 heterocycles. The molecule has 0 spiro atoms. The van der Waals surface area contributed by atoms with Crippen molar-refractivity contribution in [1.82, 2.24) is 4.90 Å². The number of aliphatic hydroxyl groups excluding tert-OH is 1. The smallest absolute Gasteiger partial charge is 0.411 e. The fraction of sp³-hybridized carbons (Fsp3) is 0.611. The molecule has 1 aliphatic heterocycles. The molecular weight excluding hydrogens is 297 g/mol. The predicted octanol–water partition coefficient (Wildman–Crippen LogP) is 3.89. The molecule has 0 aliphatic carbocycles. The van der Waals surface area contributed by atoms with Gasteiger partial charge in [0.1, 0.15) is 11.4 Å². The maximum absolute atomic E-state index is 13.6. The minimum atomic E-state index is -0.657. The number of amides is 1. The molecule has 4 nitrogen and oxygen atoms in total. The summed E-state index contributed by atoms with van der Waals surface area (Å²) in [7, 11) is 0. The first-order valence-corrected chi connectivity index (χ1v) is 8.05. The highest BCUT2D eigenvalue weighted by atomic mass is 19.1. The van der Waals surface area contributed by atoms with Crippen LogP contribution in [0.25, 0.3) is 0 Å². The van der Waals surface area contributed by atoms with Gasteiger partial charge >= 0.3 is 6.09 Å². The summed E-state index contributed by atoms with van der Waals surface area (Å²) in [4.78, 5) is 14.3. The van der Waals surface area contributed by atoms with E-state index in [1.165, 1.54) is 12.1 Å². The predicted molar refractivity (Wildman–Crippen MR) is 86.5 cm³/mol. The van der Waals surface area contributed by atoms with Gasteiger partial charge in [0.25, 0.3) is 0 Å². The molecule has 0 aromatic heterocycles. The van der Waals surface area contributed by atoms with Gasteiger partial charge in [-0.25, -0.2) is 9.18 Å². The number of likely N-dealkylation sites (tertiary alicyclic amines) is 1. The number of halogens is 1. The number of carbonyl (C=O) groups excluding carboxylic acids is 1. The second-order valence-corrected chi connectivity index (χ2v) is 7.50. The molecule has 1 saturated heterocycles. The van der Waals surface area contributed by atoms with Crippen molar-refractivity contribution >= 4 is 6.09 Å². The molecule has 0 radical (unpaired) electrons. The van der Waals surface area contributed by atoms with Gasteiger partial charge in [0.05, 0.1) is 18.2 Å². The lowest BCUT2D eigenvalue weighted by molar-refractivity contribution is 0.00155. The van der Waals surface area contributed by atoms with Crippen LogP contribution < -0.4 is 0 Å². The van der Waals surface area contributed by atoms with Crippen molar-refractivity contribution in [1.29, 1.82) is 0 Å². The Balaban J connectivity index is 2.38. The topological polar surface area (TPSA) is 49.8 Å². The van der Waals surface area contributed by atoms with E-state index in [9.17, 15) is 14.3 Å². The summed E-state index contributed by atoms with van der Waals surface area (Å²) in [6.07, 6.45) is -0.747. The Labute approximate surface area is 137 Å².